The molecule has 3 rings (SSSR count). The van der Waals surface area contributed by atoms with Crippen LogP contribution in [0.25, 0.3) is 0 Å². The van der Waals surface area contributed by atoms with Gasteiger partial charge in [0.25, 0.3) is 5.91 Å². The topological polar surface area (TPSA) is 78.5 Å². The van der Waals surface area contributed by atoms with Crippen molar-refractivity contribution in [3.8, 4) is 0 Å². The lowest BCUT2D eigenvalue weighted by Gasteiger charge is -2.30. The summed E-state index contributed by atoms with van der Waals surface area (Å²) >= 11 is 2.20. The second-order valence-corrected chi connectivity index (χ2v) is 7.64. The quantitative estimate of drug-likeness (QED) is 0.560. The molecule has 7 heteroatoms. The van der Waals surface area contributed by atoms with Crippen LogP contribution in [-0.4, -0.2) is 34.8 Å². The molecule has 1 aliphatic carbocycles. The van der Waals surface area contributed by atoms with Crippen molar-refractivity contribution in [1.82, 2.24) is 10.2 Å². The van der Waals surface area contributed by atoms with Crippen LogP contribution in [0.3, 0.4) is 0 Å². The van der Waals surface area contributed by atoms with Crippen LogP contribution >= 0.6 is 22.6 Å². The van der Waals surface area contributed by atoms with E-state index in [0.717, 1.165) is 33.3 Å². The minimum atomic E-state index is -0.783. The molecule has 1 saturated carbocycles. The number of hydrogen-bond acceptors (Lipinski definition) is 3. The Kier molecular flexibility index (Phi) is 4.80. The van der Waals surface area contributed by atoms with Gasteiger partial charge in [-0.25, -0.2) is 4.79 Å². The number of urea groups is 1. The maximum atomic E-state index is 12.6. The summed E-state index contributed by atoms with van der Waals surface area (Å²) in [5.74, 6) is -0.633. The number of aryl methyl sites for hydroxylation is 1. The molecule has 1 spiro atoms. The molecule has 4 amide bonds. The highest BCUT2D eigenvalue weighted by atomic mass is 127. The van der Waals surface area contributed by atoms with Crippen LogP contribution in [0, 0.1) is 10.5 Å². The molecule has 2 fully saturated rings. The Labute approximate surface area is 154 Å². The van der Waals surface area contributed by atoms with Crippen molar-refractivity contribution in [1.29, 1.82) is 0 Å². The molecule has 1 saturated heterocycles. The van der Waals surface area contributed by atoms with Gasteiger partial charge in [-0.05, 0) is 60.1 Å². The minimum absolute atomic E-state index is 0.253. The second-order valence-electron chi connectivity index (χ2n) is 6.48. The fourth-order valence-electron chi connectivity index (χ4n) is 3.33. The van der Waals surface area contributed by atoms with Crippen molar-refractivity contribution in [2.75, 3.05) is 11.9 Å². The normalized spacial score (nSPS) is 19.5. The zero-order valence-electron chi connectivity index (χ0n) is 13.5. The van der Waals surface area contributed by atoms with Gasteiger partial charge in [0.15, 0.2) is 0 Å². The van der Waals surface area contributed by atoms with Crippen LogP contribution in [0.4, 0.5) is 10.5 Å². The maximum Gasteiger partial charge on any atom is 0.325 e. The zero-order valence-corrected chi connectivity index (χ0v) is 15.7. The summed E-state index contributed by atoms with van der Waals surface area (Å²) in [4.78, 5) is 38.1. The van der Waals surface area contributed by atoms with E-state index in [1.54, 1.807) is 0 Å². The van der Waals surface area contributed by atoms with Gasteiger partial charge < -0.3 is 10.6 Å². The standard InChI is InChI=1S/C17H20IN3O3/c1-11-5-6-12(9-13(11)18)19-14(22)10-21-15(23)17(20-16(21)24)7-3-2-4-8-17/h5-6,9H,2-4,7-8,10H2,1H3,(H,19,22)(H,20,24). The molecule has 0 unspecified atom stereocenters. The molecule has 0 atom stereocenters. The second kappa shape index (κ2) is 6.70. The van der Waals surface area contributed by atoms with Gasteiger partial charge in [-0.1, -0.05) is 25.3 Å². The van der Waals surface area contributed by atoms with Crippen LogP contribution in [0.5, 0.6) is 0 Å². The largest absolute Gasteiger partial charge is 0.325 e. The number of carbonyl (C=O) groups excluding carboxylic acids is 3. The van der Waals surface area contributed by atoms with Gasteiger partial charge in [-0.3, -0.25) is 14.5 Å². The number of anilines is 1. The molecular formula is C17H20IN3O3. The molecule has 6 nitrogen and oxygen atoms in total. The number of nitrogens with one attached hydrogen (secondary N) is 2. The molecule has 0 bridgehead atoms. The summed E-state index contributed by atoms with van der Waals surface area (Å²) in [5.41, 5.74) is 1.01. The Morgan fingerprint density at radius 1 is 1.29 bits per heavy atom. The molecule has 1 aromatic carbocycles. The highest BCUT2D eigenvalue weighted by Crippen LogP contribution is 2.33. The Morgan fingerprint density at radius 2 is 2.00 bits per heavy atom. The first-order valence-corrected chi connectivity index (χ1v) is 9.19. The van der Waals surface area contributed by atoms with Gasteiger partial charge in [0.1, 0.15) is 12.1 Å². The van der Waals surface area contributed by atoms with E-state index in [9.17, 15) is 14.4 Å². The Bertz CT molecular complexity index is 698. The predicted octanol–water partition coefficient (Wildman–Crippen LogP) is 2.79. The first-order valence-electron chi connectivity index (χ1n) is 8.11. The van der Waals surface area contributed by atoms with Crippen LogP contribution in [0.15, 0.2) is 18.2 Å². The maximum absolute atomic E-state index is 12.6. The molecule has 0 radical (unpaired) electrons. The lowest BCUT2D eigenvalue weighted by Crippen LogP contribution is -2.48. The lowest BCUT2D eigenvalue weighted by atomic mass is 9.82. The van der Waals surface area contributed by atoms with Gasteiger partial charge >= 0.3 is 6.03 Å². The van der Waals surface area contributed by atoms with Gasteiger partial charge in [-0.15, -0.1) is 0 Å². The minimum Gasteiger partial charge on any atom is -0.324 e. The van der Waals surface area contributed by atoms with Crippen LogP contribution in [0.2, 0.25) is 0 Å². The number of hydrogen-bond donors (Lipinski definition) is 2. The molecule has 24 heavy (non-hydrogen) atoms. The molecule has 2 aliphatic rings. The molecule has 128 valence electrons. The van der Waals surface area contributed by atoms with E-state index in [0.29, 0.717) is 18.5 Å². The van der Waals surface area contributed by atoms with Crippen molar-refractivity contribution in [3.63, 3.8) is 0 Å². The Morgan fingerprint density at radius 3 is 2.67 bits per heavy atom. The molecule has 1 aromatic rings. The molecule has 1 aliphatic heterocycles. The summed E-state index contributed by atoms with van der Waals surface area (Å²) < 4.78 is 1.04. The fraction of sp³-hybridized carbons (Fsp3) is 0.471. The molecule has 2 N–H and O–H groups in total. The van der Waals surface area contributed by atoms with E-state index in [-0.39, 0.29) is 18.4 Å². The van der Waals surface area contributed by atoms with Gasteiger partial charge in [0.2, 0.25) is 5.91 Å². The monoisotopic (exact) mass is 441 g/mol. The van der Waals surface area contributed by atoms with E-state index in [1.165, 1.54) is 0 Å². The van der Waals surface area contributed by atoms with Crippen molar-refractivity contribution >= 4 is 46.1 Å². The third-order valence-electron chi connectivity index (χ3n) is 4.71. The van der Waals surface area contributed by atoms with Crippen molar-refractivity contribution in [2.45, 2.75) is 44.6 Å². The molecule has 1 heterocycles. The first-order chi connectivity index (χ1) is 11.4. The van der Waals surface area contributed by atoms with Gasteiger partial charge in [0.05, 0.1) is 0 Å². The van der Waals surface area contributed by atoms with Gasteiger partial charge in [0, 0.05) is 9.26 Å². The predicted molar refractivity (Wildman–Crippen MR) is 98.6 cm³/mol. The van der Waals surface area contributed by atoms with Gasteiger partial charge in [-0.2, -0.15) is 0 Å². The van der Waals surface area contributed by atoms with E-state index in [4.69, 9.17) is 0 Å². The third kappa shape index (κ3) is 3.26. The number of imide groups is 1. The number of halogens is 1. The lowest BCUT2D eigenvalue weighted by molar-refractivity contribution is -0.134. The highest BCUT2D eigenvalue weighted by Gasteiger charge is 2.51. The average molecular weight is 441 g/mol. The summed E-state index contributed by atoms with van der Waals surface area (Å²) in [6, 6.07) is 5.13. The van der Waals surface area contributed by atoms with Crippen LogP contribution < -0.4 is 10.6 Å². The van der Waals surface area contributed by atoms with E-state index < -0.39 is 11.6 Å². The van der Waals surface area contributed by atoms with E-state index in [1.807, 2.05) is 25.1 Å². The Balaban J connectivity index is 1.66. The van der Waals surface area contributed by atoms with Crippen molar-refractivity contribution in [3.05, 3.63) is 27.3 Å². The smallest absolute Gasteiger partial charge is 0.324 e. The fourth-order valence-corrected chi connectivity index (χ4v) is 3.84. The number of carbonyl (C=O) groups is 3. The average Bonchev–Trinajstić information content (AvgIpc) is 2.76. The summed E-state index contributed by atoms with van der Waals surface area (Å²) in [6.45, 7) is 1.74. The number of rotatable bonds is 3. The van der Waals surface area contributed by atoms with Crippen molar-refractivity contribution in [2.24, 2.45) is 0 Å². The highest BCUT2D eigenvalue weighted by molar-refractivity contribution is 14.1. The van der Waals surface area contributed by atoms with Crippen LogP contribution in [-0.2, 0) is 9.59 Å². The number of benzene rings is 1. The van der Waals surface area contributed by atoms with Crippen molar-refractivity contribution < 1.29 is 14.4 Å². The number of nitrogens with zero attached hydrogens (tertiary/aromatic N) is 1. The zero-order chi connectivity index (χ0) is 17.3. The SMILES string of the molecule is Cc1ccc(NC(=O)CN2C(=O)NC3(CCCCC3)C2=O)cc1I. The Hall–Kier alpha value is -1.64. The molecular weight excluding hydrogens is 421 g/mol. The van der Waals surface area contributed by atoms with E-state index >= 15 is 0 Å². The van der Waals surface area contributed by atoms with E-state index in [2.05, 4.69) is 33.2 Å². The summed E-state index contributed by atoms with van der Waals surface area (Å²) in [7, 11) is 0. The van der Waals surface area contributed by atoms with Crippen LogP contribution in [0.1, 0.15) is 37.7 Å². The summed E-state index contributed by atoms with van der Waals surface area (Å²) in [6.07, 6.45) is 4.25. The summed E-state index contributed by atoms with van der Waals surface area (Å²) in [5, 5.41) is 5.56. The third-order valence-corrected chi connectivity index (χ3v) is 5.87. The molecule has 0 aromatic heterocycles. The number of amides is 4. The first kappa shape index (κ1) is 17.2.